The van der Waals surface area contributed by atoms with Crippen LogP contribution in [0.5, 0.6) is 0 Å². The number of rotatable bonds is 3. The van der Waals surface area contributed by atoms with Gasteiger partial charge in [-0.25, -0.2) is 4.79 Å². The molecule has 0 spiro atoms. The van der Waals surface area contributed by atoms with Gasteiger partial charge in [-0.15, -0.1) is 0 Å². The molecule has 0 unspecified atom stereocenters. The maximum absolute atomic E-state index is 12.3. The molecule has 2 fully saturated rings. The lowest BCUT2D eigenvalue weighted by Gasteiger charge is -2.35. The molecule has 7 nitrogen and oxygen atoms in total. The Bertz CT molecular complexity index is 487. The van der Waals surface area contributed by atoms with Gasteiger partial charge in [-0.2, -0.15) is 17.4 Å². The van der Waals surface area contributed by atoms with Crippen LogP contribution in [0.3, 0.4) is 0 Å². The second kappa shape index (κ2) is 6.72. The van der Waals surface area contributed by atoms with Gasteiger partial charge in [0, 0.05) is 32.2 Å². The van der Waals surface area contributed by atoms with E-state index >= 15 is 0 Å². The molecule has 22 heavy (non-hydrogen) atoms. The third-order valence-electron chi connectivity index (χ3n) is 3.90. The Labute approximate surface area is 133 Å². The molecule has 0 aromatic carbocycles. The number of carbonyl (C=O) groups is 1. The average Bonchev–Trinajstić information content (AvgIpc) is 2.89. The van der Waals surface area contributed by atoms with Gasteiger partial charge in [-0.05, 0) is 33.6 Å². The average molecular weight is 333 g/mol. The van der Waals surface area contributed by atoms with Crippen molar-refractivity contribution >= 4 is 16.3 Å². The summed E-state index contributed by atoms with van der Waals surface area (Å²) in [5, 5.41) is 0. The Morgan fingerprint density at radius 2 is 1.64 bits per heavy atom. The zero-order chi connectivity index (χ0) is 16.4. The maximum atomic E-state index is 12.3. The molecule has 2 rings (SSSR count). The molecule has 8 heteroatoms. The van der Waals surface area contributed by atoms with Crippen molar-refractivity contribution in [2.24, 2.45) is 0 Å². The van der Waals surface area contributed by atoms with E-state index in [-0.39, 0.29) is 12.1 Å². The van der Waals surface area contributed by atoms with Crippen LogP contribution in [0.2, 0.25) is 0 Å². The van der Waals surface area contributed by atoms with E-state index in [1.54, 1.807) is 4.90 Å². The van der Waals surface area contributed by atoms with Gasteiger partial charge >= 0.3 is 6.09 Å². The van der Waals surface area contributed by atoms with E-state index < -0.39 is 15.8 Å². The first-order valence-corrected chi connectivity index (χ1v) is 9.37. The van der Waals surface area contributed by atoms with Gasteiger partial charge < -0.3 is 9.64 Å². The van der Waals surface area contributed by atoms with Crippen LogP contribution >= 0.6 is 0 Å². The predicted molar refractivity (Wildman–Crippen MR) is 83.7 cm³/mol. The first-order valence-electron chi connectivity index (χ1n) is 7.93. The fraction of sp³-hybridized carbons (Fsp3) is 0.929. The molecule has 1 saturated heterocycles. The second-order valence-corrected chi connectivity index (χ2v) is 8.67. The Morgan fingerprint density at radius 3 is 2.14 bits per heavy atom. The zero-order valence-electron chi connectivity index (χ0n) is 13.7. The Kier molecular flexibility index (Phi) is 5.34. The molecule has 1 N–H and O–H groups in total. The summed E-state index contributed by atoms with van der Waals surface area (Å²) in [6.45, 7) is 6.79. The van der Waals surface area contributed by atoms with Crippen LogP contribution in [0, 0.1) is 0 Å². The molecule has 0 aromatic heterocycles. The Morgan fingerprint density at radius 1 is 1.09 bits per heavy atom. The second-order valence-electron chi connectivity index (χ2n) is 6.97. The van der Waals surface area contributed by atoms with Crippen LogP contribution in [-0.4, -0.2) is 61.5 Å². The van der Waals surface area contributed by atoms with E-state index in [1.807, 2.05) is 20.8 Å². The molecule has 1 aliphatic heterocycles. The summed E-state index contributed by atoms with van der Waals surface area (Å²) < 4.78 is 34.2. The van der Waals surface area contributed by atoms with E-state index in [4.69, 9.17) is 4.74 Å². The molecule has 1 saturated carbocycles. The van der Waals surface area contributed by atoms with Crippen LogP contribution in [0.15, 0.2) is 0 Å². The molecule has 2 aliphatic rings. The van der Waals surface area contributed by atoms with Gasteiger partial charge in [0.1, 0.15) is 5.60 Å². The van der Waals surface area contributed by atoms with Crippen molar-refractivity contribution in [2.75, 3.05) is 26.2 Å². The minimum atomic E-state index is -3.45. The number of carbonyl (C=O) groups excluding carboxylic acids is 1. The number of hydrogen-bond acceptors (Lipinski definition) is 4. The van der Waals surface area contributed by atoms with Crippen molar-refractivity contribution in [3.8, 4) is 0 Å². The first kappa shape index (κ1) is 17.5. The highest BCUT2D eigenvalue weighted by molar-refractivity contribution is 7.87. The van der Waals surface area contributed by atoms with E-state index in [0.717, 1.165) is 25.7 Å². The smallest absolute Gasteiger partial charge is 0.410 e. The van der Waals surface area contributed by atoms with Crippen LogP contribution in [0.25, 0.3) is 0 Å². The SMILES string of the molecule is CC(C)(C)OC(=O)N1CCN(S(=O)(=O)NC2CCCC2)CC1. The molecule has 0 aromatic rings. The lowest BCUT2D eigenvalue weighted by atomic mass is 10.2. The summed E-state index contributed by atoms with van der Waals surface area (Å²) in [5.41, 5.74) is -0.537. The molecule has 128 valence electrons. The van der Waals surface area contributed by atoms with Gasteiger partial charge in [0.05, 0.1) is 0 Å². The highest BCUT2D eigenvalue weighted by Gasteiger charge is 2.32. The molecular weight excluding hydrogens is 306 g/mol. The van der Waals surface area contributed by atoms with Crippen molar-refractivity contribution in [3.05, 3.63) is 0 Å². The topological polar surface area (TPSA) is 79.0 Å². The van der Waals surface area contributed by atoms with E-state index in [1.165, 1.54) is 4.31 Å². The zero-order valence-corrected chi connectivity index (χ0v) is 14.5. The third kappa shape index (κ3) is 4.82. The van der Waals surface area contributed by atoms with Crippen molar-refractivity contribution in [1.29, 1.82) is 0 Å². The number of piperazine rings is 1. The Balaban J connectivity index is 1.84. The fourth-order valence-corrected chi connectivity index (χ4v) is 4.22. The first-order chi connectivity index (χ1) is 10.2. The number of amides is 1. The Hall–Kier alpha value is -0.860. The van der Waals surface area contributed by atoms with Gasteiger partial charge in [0.15, 0.2) is 0 Å². The maximum Gasteiger partial charge on any atom is 0.410 e. The standard InChI is InChI=1S/C14H27N3O4S/c1-14(2,3)21-13(18)16-8-10-17(11-9-16)22(19,20)15-12-6-4-5-7-12/h12,15H,4-11H2,1-3H3. The van der Waals surface area contributed by atoms with Crippen molar-refractivity contribution in [3.63, 3.8) is 0 Å². The summed E-state index contributed by atoms with van der Waals surface area (Å²) in [4.78, 5) is 13.5. The highest BCUT2D eigenvalue weighted by Crippen LogP contribution is 2.20. The third-order valence-corrected chi connectivity index (χ3v) is 5.58. The molecule has 0 bridgehead atoms. The van der Waals surface area contributed by atoms with Crippen molar-refractivity contribution < 1.29 is 17.9 Å². The normalized spacial score (nSPS) is 22.0. The molecule has 0 atom stereocenters. The number of hydrogen-bond donors (Lipinski definition) is 1. The molecule has 1 amide bonds. The van der Waals surface area contributed by atoms with Crippen molar-refractivity contribution in [2.45, 2.75) is 58.1 Å². The number of ether oxygens (including phenoxy) is 1. The molecule has 0 radical (unpaired) electrons. The van der Waals surface area contributed by atoms with E-state index in [0.29, 0.717) is 26.2 Å². The van der Waals surface area contributed by atoms with Gasteiger partial charge in [0.25, 0.3) is 10.2 Å². The van der Waals surface area contributed by atoms with E-state index in [2.05, 4.69) is 4.72 Å². The van der Waals surface area contributed by atoms with Crippen LogP contribution < -0.4 is 4.72 Å². The van der Waals surface area contributed by atoms with E-state index in [9.17, 15) is 13.2 Å². The quantitative estimate of drug-likeness (QED) is 0.845. The van der Waals surface area contributed by atoms with Gasteiger partial charge in [0.2, 0.25) is 0 Å². The minimum Gasteiger partial charge on any atom is -0.444 e. The van der Waals surface area contributed by atoms with Gasteiger partial charge in [-0.1, -0.05) is 12.8 Å². The lowest BCUT2D eigenvalue weighted by Crippen LogP contribution is -2.55. The molecule has 1 aliphatic carbocycles. The number of nitrogens with zero attached hydrogens (tertiary/aromatic N) is 2. The highest BCUT2D eigenvalue weighted by atomic mass is 32.2. The monoisotopic (exact) mass is 333 g/mol. The fourth-order valence-electron chi connectivity index (χ4n) is 2.77. The summed E-state index contributed by atoms with van der Waals surface area (Å²) in [6, 6.07) is 0.0638. The molecular formula is C14H27N3O4S. The largest absolute Gasteiger partial charge is 0.444 e. The van der Waals surface area contributed by atoms with Crippen LogP contribution in [-0.2, 0) is 14.9 Å². The van der Waals surface area contributed by atoms with Crippen LogP contribution in [0.4, 0.5) is 4.79 Å². The summed E-state index contributed by atoms with van der Waals surface area (Å²) in [7, 11) is -3.45. The molecule has 1 heterocycles. The number of nitrogens with one attached hydrogen (secondary N) is 1. The predicted octanol–water partition coefficient (Wildman–Crippen LogP) is 1.32. The van der Waals surface area contributed by atoms with Crippen LogP contribution in [0.1, 0.15) is 46.5 Å². The van der Waals surface area contributed by atoms with Gasteiger partial charge in [-0.3, -0.25) is 0 Å². The lowest BCUT2D eigenvalue weighted by molar-refractivity contribution is 0.0192. The minimum absolute atomic E-state index is 0.0638. The van der Waals surface area contributed by atoms with Crippen molar-refractivity contribution in [1.82, 2.24) is 13.9 Å². The summed E-state index contributed by atoms with van der Waals surface area (Å²) in [6.07, 6.45) is 3.61. The summed E-state index contributed by atoms with van der Waals surface area (Å²) in [5.74, 6) is 0. The summed E-state index contributed by atoms with van der Waals surface area (Å²) >= 11 is 0.